The molecule has 5 nitrogen and oxygen atoms in total. The Bertz CT molecular complexity index is 988. The van der Waals surface area contributed by atoms with Gasteiger partial charge in [-0.1, -0.05) is 78.9 Å². The van der Waals surface area contributed by atoms with Gasteiger partial charge >= 0.3 is 6.01 Å². The van der Waals surface area contributed by atoms with Gasteiger partial charge in [-0.3, -0.25) is 10.1 Å². The maximum absolute atomic E-state index is 12.2. The number of para-hydroxylation sites is 1. The van der Waals surface area contributed by atoms with Crippen molar-refractivity contribution in [1.29, 1.82) is 0 Å². The van der Waals surface area contributed by atoms with Gasteiger partial charge in [-0.05, 0) is 12.1 Å². The summed E-state index contributed by atoms with van der Waals surface area (Å²) in [6, 6.07) is 28.7. The largest absolute Gasteiger partial charge is 0.484 e. The molecule has 28 heavy (non-hydrogen) atoms. The highest BCUT2D eigenvalue weighted by atomic mass is 16.5. The summed E-state index contributed by atoms with van der Waals surface area (Å²) >= 11 is 0. The van der Waals surface area contributed by atoms with Gasteiger partial charge in [-0.15, -0.1) is 0 Å². The van der Waals surface area contributed by atoms with E-state index in [1.54, 1.807) is 12.1 Å². The Morgan fingerprint density at radius 2 is 1.39 bits per heavy atom. The lowest BCUT2D eigenvalue weighted by molar-refractivity contribution is -0.118. The highest BCUT2D eigenvalue weighted by Gasteiger charge is 2.18. The Balaban J connectivity index is 1.56. The summed E-state index contributed by atoms with van der Waals surface area (Å²) in [7, 11) is 0. The molecule has 1 aromatic heterocycles. The Hall–Kier alpha value is -3.86. The van der Waals surface area contributed by atoms with Crippen molar-refractivity contribution in [3.63, 3.8) is 0 Å². The van der Waals surface area contributed by atoms with Gasteiger partial charge in [0.25, 0.3) is 5.91 Å². The van der Waals surface area contributed by atoms with Crippen LogP contribution >= 0.6 is 0 Å². The maximum atomic E-state index is 12.2. The number of rotatable bonds is 6. The van der Waals surface area contributed by atoms with Gasteiger partial charge in [0, 0.05) is 11.1 Å². The van der Waals surface area contributed by atoms with Crippen LogP contribution < -0.4 is 10.1 Å². The molecule has 0 unspecified atom stereocenters. The van der Waals surface area contributed by atoms with Crippen molar-refractivity contribution in [3.8, 4) is 28.3 Å². The second kappa shape index (κ2) is 8.22. The number of benzene rings is 3. The summed E-state index contributed by atoms with van der Waals surface area (Å²) in [4.78, 5) is 16.7. The smallest absolute Gasteiger partial charge is 0.302 e. The van der Waals surface area contributed by atoms with E-state index in [0.717, 1.165) is 11.1 Å². The van der Waals surface area contributed by atoms with Crippen molar-refractivity contribution in [2.75, 3.05) is 11.9 Å². The second-order valence-corrected chi connectivity index (χ2v) is 6.08. The summed E-state index contributed by atoms with van der Waals surface area (Å²) in [6.07, 6.45) is 0. The van der Waals surface area contributed by atoms with Gasteiger partial charge in [-0.25, -0.2) is 0 Å². The number of hydrogen-bond acceptors (Lipinski definition) is 4. The molecule has 3 aromatic carbocycles. The van der Waals surface area contributed by atoms with E-state index in [1.807, 2.05) is 78.9 Å². The average molecular weight is 370 g/mol. The number of ether oxygens (including phenoxy) is 1. The number of amides is 1. The van der Waals surface area contributed by atoms with E-state index in [2.05, 4.69) is 10.3 Å². The van der Waals surface area contributed by atoms with Gasteiger partial charge in [0.1, 0.15) is 11.4 Å². The molecule has 0 saturated carbocycles. The summed E-state index contributed by atoms with van der Waals surface area (Å²) in [5.74, 6) is 0.885. The fourth-order valence-corrected chi connectivity index (χ4v) is 2.77. The van der Waals surface area contributed by atoms with E-state index in [1.165, 1.54) is 0 Å². The van der Waals surface area contributed by atoms with Gasteiger partial charge in [-0.2, -0.15) is 4.98 Å². The van der Waals surface area contributed by atoms with Crippen LogP contribution in [0.1, 0.15) is 0 Å². The number of nitrogens with zero attached hydrogens (tertiary/aromatic N) is 1. The lowest BCUT2D eigenvalue weighted by atomic mass is 10.1. The van der Waals surface area contributed by atoms with Gasteiger partial charge in [0.2, 0.25) is 0 Å². The van der Waals surface area contributed by atoms with E-state index >= 15 is 0 Å². The number of carbonyl (C=O) groups is 1. The van der Waals surface area contributed by atoms with Crippen molar-refractivity contribution >= 4 is 11.9 Å². The molecular weight excluding hydrogens is 352 g/mol. The molecule has 138 valence electrons. The third-order valence-corrected chi connectivity index (χ3v) is 4.07. The minimum Gasteiger partial charge on any atom is -0.484 e. The minimum atomic E-state index is -0.343. The van der Waals surface area contributed by atoms with E-state index in [9.17, 15) is 4.79 Å². The molecule has 1 N–H and O–H groups in total. The fourth-order valence-electron chi connectivity index (χ4n) is 2.77. The Morgan fingerprint density at radius 1 is 0.821 bits per heavy atom. The first kappa shape index (κ1) is 17.5. The minimum absolute atomic E-state index is 0.131. The maximum Gasteiger partial charge on any atom is 0.302 e. The van der Waals surface area contributed by atoms with Crippen LogP contribution in [0.2, 0.25) is 0 Å². The highest BCUT2D eigenvalue weighted by Crippen LogP contribution is 2.34. The van der Waals surface area contributed by atoms with Crippen LogP contribution in [0, 0.1) is 0 Å². The molecule has 0 aliphatic heterocycles. The molecule has 4 aromatic rings. The Kier molecular flexibility index (Phi) is 5.15. The van der Waals surface area contributed by atoms with Crippen molar-refractivity contribution in [2.24, 2.45) is 0 Å². The van der Waals surface area contributed by atoms with Crippen LogP contribution in [0.25, 0.3) is 22.6 Å². The van der Waals surface area contributed by atoms with Crippen molar-refractivity contribution < 1.29 is 13.9 Å². The first-order valence-corrected chi connectivity index (χ1v) is 8.89. The number of nitrogens with one attached hydrogen (secondary N) is 1. The van der Waals surface area contributed by atoms with Gasteiger partial charge in [0.15, 0.2) is 12.4 Å². The van der Waals surface area contributed by atoms with Crippen LogP contribution in [-0.4, -0.2) is 17.5 Å². The van der Waals surface area contributed by atoms with Crippen molar-refractivity contribution in [2.45, 2.75) is 0 Å². The first-order valence-electron chi connectivity index (χ1n) is 8.89. The van der Waals surface area contributed by atoms with E-state index in [4.69, 9.17) is 9.15 Å². The summed E-state index contributed by atoms with van der Waals surface area (Å²) in [6.45, 7) is -0.131. The van der Waals surface area contributed by atoms with Crippen LogP contribution in [0.15, 0.2) is 95.4 Å². The van der Waals surface area contributed by atoms with Crippen LogP contribution in [0.4, 0.5) is 6.01 Å². The quantitative estimate of drug-likeness (QED) is 0.517. The molecule has 5 heteroatoms. The monoisotopic (exact) mass is 370 g/mol. The normalized spacial score (nSPS) is 10.4. The molecule has 1 amide bonds. The molecule has 0 bridgehead atoms. The zero-order valence-corrected chi connectivity index (χ0v) is 15.0. The van der Waals surface area contributed by atoms with E-state index in [0.29, 0.717) is 17.2 Å². The fraction of sp³-hybridized carbons (Fsp3) is 0.0435. The van der Waals surface area contributed by atoms with Gasteiger partial charge < -0.3 is 9.15 Å². The molecule has 4 rings (SSSR count). The number of anilines is 1. The second-order valence-electron chi connectivity index (χ2n) is 6.08. The lowest BCUT2D eigenvalue weighted by Gasteiger charge is -2.04. The number of aromatic nitrogens is 1. The Labute approximate surface area is 162 Å². The molecule has 0 aliphatic rings. The predicted molar refractivity (Wildman–Crippen MR) is 108 cm³/mol. The van der Waals surface area contributed by atoms with Crippen molar-refractivity contribution in [1.82, 2.24) is 4.98 Å². The number of carbonyl (C=O) groups excluding carboxylic acids is 1. The lowest BCUT2D eigenvalue weighted by Crippen LogP contribution is -2.20. The van der Waals surface area contributed by atoms with Gasteiger partial charge in [0.05, 0.1) is 0 Å². The molecule has 0 radical (unpaired) electrons. The molecule has 0 saturated heterocycles. The third kappa shape index (κ3) is 4.10. The van der Waals surface area contributed by atoms with Crippen LogP contribution in [0.5, 0.6) is 5.75 Å². The Morgan fingerprint density at radius 3 is 2.04 bits per heavy atom. The number of oxazole rings is 1. The highest BCUT2D eigenvalue weighted by molar-refractivity contribution is 5.91. The summed E-state index contributed by atoms with van der Waals surface area (Å²) in [5, 5.41) is 2.67. The van der Waals surface area contributed by atoms with Crippen LogP contribution in [0.3, 0.4) is 0 Å². The molecular formula is C23H18N2O3. The molecule has 0 fully saturated rings. The van der Waals surface area contributed by atoms with E-state index < -0.39 is 0 Å². The zero-order valence-electron chi connectivity index (χ0n) is 15.0. The zero-order chi connectivity index (χ0) is 19.2. The average Bonchev–Trinajstić information content (AvgIpc) is 3.18. The molecule has 0 spiro atoms. The summed E-state index contributed by atoms with van der Waals surface area (Å²) in [5.41, 5.74) is 2.46. The van der Waals surface area contributed by atoms with Crippen LogP contribution in [-0.2, 0) is 4.79 Å². The SMILES string of the molecule is O=C(COc1ccccc1)Nc1nc(-c2ccccc2)c(-c2ccccc2)o1. The summed E-state index contributed by atoms with van der Waals surface area (Å²) < 4.78 is 11.3. The molecule has 0 atom stereocenters. The topological polar surface area (TPSA) is 64.4 Å². The van der Waals surface area contributed by atoms with Crippen molar-refractivity contribution in [3.05, 3.63) is 91.0 Å². The standard InChI is InChI=1S/C23H18N2O3/c26-20(16-27-19-14-8-3-9-15-19)24-23-25-21(17-10-4-1-5-11-17)22(28-23)18-12-6-2-7-13-18/h1-15H,16H2,(H,24,25,26). The molecule has 1 heterocycles. The van der Waals surface area contributed by atoms with E-state index in [-0.39, 0.29) is 18.5 Å². The first-order chi connectivity index (χ1) is 13.8. The number of hydrogen-bond donors (Lipinski definition) is 1. The third-order valence-electron chi connectivity index (χ3n) is 4.07. The predicted octanol–water partition coefficient (Wildman–Crippen LogP) is 5.03. The molecule has 0 aliphatic carbocycles.